The van der Waals surface area contributed by atoms with Crippen molar-refractivity contribution < 1.29 is 4.92 Å². The lowest BCUT2D eigenvalue weighted by Gasteiger charge is -2.26. The third-order valence-electron chi connectivity index (χ3n) is 3.74. The van der Waals surface area contributed by atoms with E-state index in [1.165, 1.54) is 6.42 Å². The number of aromatic nitrogens is 2. The van der Waals surface area contributed by atoms with E-state index in [0.717, 1.165) is 32.5 Å². The molecule has 0 radical (unpaired) electrons. The molecule has 0 spiro atoms. The number of nitrogens with zero attached hydrogens (tertiary/aromatic N) is 4. The number of anilines is 1. The molecular weight excluding hydrogens is 258 g/mol. The molecule has 112 valence electrons. The lowest BCUT2D eigenvalue weighted by Crippen LogP contribution is -2.39. The fourth-order valence-corrected chi connectivity index (χ4v) is 2.94. The van der Waals surface area contributed by atoms with Crippen LogP contribution in [0.4, 0.5) is 11.5 Å². The largest absolute Gasteiger partial charge is 0.350 e. The summed E-state index contributed by atoms with van der Waals surface area (Å²) in [4.78, 5) is 13.1. The number of hydrogen-bond acceptors (Lipinski definition) is 5. The van der Waals surface area contributed by atoms with Gasteiger partial charge in [-0.05, 0) is 32.7 Å². The highest BCUT2D eigenvalue weighted by Gasteiger charge is 2.29. The summed E-state index contributed by atoms with van der Waals surface area (Å²) in [5.74, 6) is 0.628. The lowest BCUT2D eigenvalue weighted by molar-refractivity contribution is -0.384. The maximum atomic E-state index is 11.3. The van der Waals surface area contributed by atoms with Gasteiger partial charge in [-0.25, -0.2) is 4.68 Å². The molecule has 1 aromatic heterocycles. The zero-order valence-corrected chi connectivity index (χ0v) is 12.4. The fraction of sp³-hybridized carbons (Fsp3) is 0.769. The van der Waals surface area contributed by atoms with Crippen molar-refractivity contribution in [3.05, 3.63) is 15.8 Å². The Balaban J connectivity index is 2.30. The van der Waals surface area contributed by atoms with Crippen molar-refractivity contribution in [3.8, 4) is 0 Å². The minimum atomic E-state index is -0.317. The van der Waals surface area contributed by atoms with Crippen molar-refractivity contribution in [3.63, 3.8) is 0 Å². The van der Waals surface area contributed by atoms with Crippen LogP contribution in [-0.4, -0.2) is 40.4 Å². The van der Waals surface area contributed by atoms with Crippen LogP contribution in [0.25, 0.3) is 0 Å². The first kappa shape index (κ1) is 14.8. The zero-order chi connectivity index (χ0) is 14.7. The van der Waals surface area contributed by atoms with Gasteiger partial charge in [0, 0.05) is 26.2 Å². The van der Waals surface area contributed by atoms with E-state index in [-0.39, 0.29) is 10.6 Å². The summed E-state index contributed by atoms with van der Waals surface area (Å²) in [5.41, 5.74) is 0.618. The predicted molar refractivity (Wildman–Crippen MR) is 78.1 cm³/mol. The number of aryl methyl sites for hydroxylation is 2. The summed E-state index contributed by atoms with van der Waals surface area (Å²) in [6.07, 6.45) is 3.26. The first-order valence-electron chi connectivity index (χ1n) is 7.21. The number of hydrogen-bond donors (Lipinski definition) is 1. The van der Waals surface area contributed by atoms with Crippen molar-refractivity contribution in [1.29, 1.82) is 0 Å². The van der Waals surface area contributed by atoms with E-state index in [0.29, 0.717) is 17.6 Å². The van der Waals surface area contributed by atoms with Crippen molar-refractivity contribution in [1.82, 2.24) is 15.1 Å². The summed E-state index contributed by atoms with van der Waals surface area (Å²) in [6.45, 7) is 6.42. The van der Waals surface area contributed by atoms with E-state index < -0.39 is 0 Å². The highest BCUT2D eigenvalue weighted by atomic mass is 16.6. The molecule has 1 aliphatic heterocycles. The standard InChI is InChI=1S/C13H23N5O2/c1-4-8-17(9-11-6-5-7-14-11)13-12(18(19)20)10(2)15-16(13)3/h11,14H,4-9H2,1-3H3. The van der Waals surface area contributed by atoms with E-state index in [4.69, 9.17) is 0 Å². The van der Waals surface area contributed by atoms with E-state index in [1.807, 2.05) is 0 Å². The van der Waals surface area contributed by atoms with Crippen LogP contribution in [0.1, 0.15) is 31.9 Å². The van der Waals surface area contributed by atoms with Crippen LogP contribution in [0.2, 0.25) is 0 Å². The third-order valence-corrected chi connectivity index (χ3v) is 3.74. The smallest absolute Gasteiger partial charge is 0.333 e. The Morgan fingerprint density at radius 1 is 1.60 bits per heavy atom. The number of rotatable bonds is 6. The Hall–Kier alpha value is -1.63. The minimum absolute atomic E-state index is 0.138. The van der Waals surface area contributed by atoms with Gasteiger partial charge in [0.1, 0.15) is 5.69 Å². The molecule has 0 amide bonds. The second-order valence-electron chi connectivity index (χ2n) is 5.38. The van der Waals surface area contributed by atoms with Gasteiger partial charge in [-0.1, -0.05) is 6.92 Å². The molecule has 1 aliphatic rings. The molecule has 0 aliphatic carbocycles. The second kappa shape index (κ2) is 6.21. The molecule has 0 aromatic carbocycles. The molecule has 7 nitrogen and oxygen atoms in total. The Bertz CT molecular complexity index is 479. The molecule has 1 fully saturated rings. The molecule has 1 atom stereocenters. The van der Waals surface area contributed by atoms with Gasteiger partial charge in [-0.2, -0.15) is 5.10 Å². The fourth-order valence-electron chi connectivity index (χ4n) is 2.94. The molecule has 7 heteroatoms. The third kappa shape index (κ3) is 2.92. The van der Waals surface area contributed by atoms with Crippen LogP contribution in [0.5, 0.6) is 0 Å². The maximum absolute atomic E-state index is 11.3. The minimum Gasteiger partial charge on any atom is -0.350 e. The van der Waals surface area contributed by atoms with Crippen LogP contribution in [-0.2, 0) is 7.05 Å². The summed E-state index contributed by atoms with van der Waals surface area (Å²) >= 11 is 0. The lowest BCUT2D eigenvalue weighted by atomic mass is 10.2. The van der Waals surface area contributed by atoms with Crippen molar-refractivity contribution >= 4 is 11.5 Å². The van der Waals surface area contributed by atoms with Gasteiger partial charge < -0.3 is 10.2 Å². The SMILES string of the molecule is CCCN(CC1CCCN1)c1c([N+](=O)[O-])c(C)nn1C. The molecule has 1 saturated heterocycles. The van der Waals surface area contributed by atoms with E-state index >= 15 is 0 Å². The molecule has 2 heterocycles. The number of nitro groups is 1. The molecule has 20 heavy (non-hydrogen) atoms. The van der Waals surface area contributed by atoms with Crippen LogP contribution in [0.3, 0.4) is 0 Å². The van der Waals surface area contributed by atoms with Gasteiger partial charge in [0.25, 0.3) is 0 Å². The van der Waals surface area contributed by atoms with Crippen molar-refractivity contribution in [2.24, 2.45) is 7.05 Å². The summed E-state index contributed by atoms with van der Waals surface area (Å²) in [5, 5.41) is 19.0. The average molecular weight is 281 g/mol. The van der Waals surface area contributed by atoms with E-state index in [9.17, 15) is 10.1 Å². The van der Waals surface area contributed by atoms with Gasteiger partial charge in [0.2, 0.25) is 5.82 Å². The van der Waals surface area contributed by atoms with Gasteiger partial charge in [0.05, 0.1) is 4.92 Å². The first-order chi connectivity index (χ1) is 9.54. The second-order valence-corrected chi connectivity index (χ2v) is 5.38. The van der Waals surface area contributed by atoms with Crippen LogP contribution < -0.4 is 10.2 Å². The molecule has 1 aromatic rings. The van der Waals surface area contributed by atoms with Gasteiger partial charge >= 0.3 is 5.69 Å². The highest BCUT2D eigenvalue weighted by molar-refractivity contribution is 5.61. The van der Waals surface area contributed by atoms with Crippen LogP contribution >= 0.6 is 0 Å². The predicted octanol–water partition coefficient (Wildman–Crippen LogP) is 1.61. The molecule has 0 bridgehead atoms. The molecular formula is C13H23N5O2. The topological polar surface area (TPSA) is 76.2 Å². The molecule has 0 saturated carbocycles. The summed E-state index contributed by atoms with van der Waals surface area (Å²) in [7, 11) is 1.78. The highest BCUT2D eigenvalue weighted by Crippen LogP contribution is 2.31. The van der Waals surface area contributed by atoms with E-state index in [2.05, 4.69) is 22.2 Å². The molecule has 2 rings (SSSR count). The Morgan fingerprint density at radius 2 is 2.35 bits per heavy atom. The van der Waals surface area contributed by atoms with Crippen LogP contribution in [0, 0.1) is 17.0 Å². The van der Waals surface area contributed by atoms with E-state index in [1.54, 1.807) is 18.7 Å². The van der Waals surface area contributed by atoms with Crippen molar-refractivity contribution in [2.45, 2.75) is 39.2 Å². The Kier molecular flexibility index (Phi) is 4.59. The van der Waals surface area contributed by atoms with Crippen LogP contribution in [0.15, 0.2) is 0 Å². The Morgan fingerprint density at radius 3 is 2.90 bits per heavy atom. The monoisotopic (exact) mass is 281 g/mol. The quantitative estimate of drug-likeness (QED) is 0.633. The summed E-state index contributed by atoms with van der Waals surface area (Å²) < 4.78 is 1.64. The number of nitrogens with one attached hydrogen (secondary N) is 1. The normalized spacial score (nSPS) is 18.4. The van der Waals surface area contributed by atoms with Gasteiger partial charge in [0.15, 0.2) is 0 Å². The molecule has 1 unspecified atom stereocenters. The van der Waals surface area contributed by atoms with Crippen molar-refractivity contribution in [2.75, 3.05) is 24.5 Å². The first-order valence-corrected chi connectivity index (χ1v) is 7.21. The van der Waals surface area contributed by atoms with Gasteiger partial charge in [-0.15, -0.1) is 0 Å². The van der Waals surface area contributed by atoms with Gasteiger partial charge in [-0.3, -0.25) is 10.1 Å². The maximum Gasteiger partial charge on any atom is 0.333 e. The summed E-state index contributed by atoms with van der Waals surface area (Å²) in [6, 6.07) is 0.413. The zero-order valence-electron chi connectivity index (χ0n) is 12.4. The molecule has 1 N–H and O–H groups in total. The average Bonchev–Trinajstić information content (AvgIpc) is 2.96. The Labute approximate surface area is 119 Å².